The van der Waals surface area contributed by atoms with Crippen molar-refractivity contribution in [1.29, 1.82) is 0 Å². The number of aromatic nitrogens is 1. The van der Waals surface area contributed by atoms with Crippen molar-refractivity contribution in [3.8, 4) is 0 Å². The molecule has 1 heterocycles. The molecular weight excluding hydrogens is 292 g/mol. The molecule has 1 aromatic heterocycles. The molecule has 1 aromatic carbocycles. The molecule has 18 heavy (non-hydrogen) atoms. The molecule has 0 unspecified atom stereocenters. The summed E-state index contributed by atoms with van der Waals surface area (Å²) < 4.78 is 0.864. The number of amides is 1. The van der Waals surface area contributed by atoms with Crippen molar-refractivity contribution in [2.45, 2.75) is 13.8 Å². The minimum Gasteiger partial charge on any atom is -0.320 e. The number of halogens is 1. The highest BCUT2D eigenvalue weighted by molar-refractivity contribution is 9.10. The van der Waals surface area contributed by atoms with Crippen molar-refractivity contribution >= 4 is 27.5 Å². The van der Waals surface area contributed by atoms with Crippen LogP contribution in [-0.2, 0) is 0 Å². The molecule has 0 radical (unpaired) electrons. The number of carbonyl (C=O) groups excluding carboxylic acids is 1. The summed E-state index contributed by atoms with van der Waals surface area (Å²) in [6, 6.07) is 11.2. The van der Waals surface area contributed by atoms with Crippen molar-refractivity contribution in [1.82, 2.24) is 4.98 Å². The number of pyridine rings is 1. The van der Waals surface area contributed by atoms with E-state index in [0.29, 0.717) is 5.69 Å². The lowest BCUT2D eigenvalue weighted by Crippen LogP contribution is -2.14. The highest BCUT2D eigenvalue weighted by Gasteiger charge is 2.09. The quantitative estimate of drug-likeness (QED) is 0.919. The van der Waals surface area contributed by atoms with E-state index in [1.54, 1.807) is 6.07 Å². The Hall–Kier alpha value is -1.68. The van der Waals surface area contributed by atoms with E-state index >= 15 is 0 Å². The van der Waals surface area contributed by atoms with Crippen LogP contribution < -0.4 is 5.32 Å². The summed E-state index contributed by atoms with van der Waals surface area (Å²) >= 11 is 3.43. The lowest BCUT2D eigenvalue weighted by Gasteiger charge is -2.08. The van der Waals surface area contributed by atoms with Crippen LogP contribution in [0.25, 0.3) is 0 Å². The summed E-state index contributed by atoms with van der Waals surface area (Å²) in [6.45, 7) is 3.86. The van der Waals surface area contributed by atoms with E-state index in [1.165, 1.54) is 0 Å². The van der Waals surface area contributed by atoms with Crippen LogP contribution in [0.4, 0.5) is 5.69 Å². The number of hydrogen-bond acceptors (Lipinski definition) is 2. The third-order valence-corrected chi connectivity index (χ3v) is 3.15. The third-order valence-electron chi connectivity index (χ3n) is 2.49. The fourth-order valence-electron chi connectivity index (χ4n) is 1.58. The number of nitrogens with one attached hydrogen (secondary N) is 1. The summed E-state index contributed by atoms with van der Waals surface area (Å²) in [6.07, 6.45) is 0. The van der Waals surface area contributed by atoms with Crippen LogP contribution in [0.5, 0.6) is 0 Å². The zero-order chi connectivity index (χ0) is 13.1. The van der Waals surface area contributed by atoms with Gasteiger partial charge in [-0.15, -0.1) is 0 Å². The Morgan fingerprint density at radius 3 is 2.67 bits per heavy atom. The number of carbonyl (C=O) groups is 1. The van der Waals surface area contributed by atoms with Crippen molar-refractivity contribution in [3.63, 3.8) is 0 Å². The Balaban J connectivity index is 2.21. The van der Waals surface area contributed by atoms with Crippen LogP contribution >= 0.6 is 15.9 Å². The smallest absolute Gasteiger partial charge is 0.274 e. The Labute approximate surface area is 114 Å². The minimum absolute atomic E-state index is 0.205. The molecule has 0 aliphatic rings. The summed E-state index contributed by atoms with van der Waals surface area (Å²) in [7, 11) is 0. The van der Waals surface area contributed by atoms with Crippen LogP contribution in [0, 0.1) is 13.8 Å². The van der Waals surface area contributed by atoms with Gasteiger partial charge < -0.3 is 5.32 Å². The van der Waals surface area contributed by atoms with Crippen LogP contribution in [0.15, 0.2) is 40.9 Å². The first kappa shape index (κ1) is 12.8. The maximum Gasteiger partial charge on any atom is 0.274 e. The van der Waals surface area contributed by atoms with E-state index in [2.05, 4.69) is 26.2 Å². The summed E-state index contributed by atoms with van der Waals surface area (Å²) in [5.41, 5.74) is 3.12. The molecule has 92 valence electrons. The molecule has 1 amide bonds. The molecule has 0 spiro atoms. The van der Waals surface area contributed by atoms with Gasteiger partial charge in [-0.2, -0.15) is 0 Å². The van der Waals surface area contributed by atoms with Crippen LogP contribution in [0.3, 0.4) is 0 Å². The second kappa shape index (κ2) is 5.31. The first-order valence-corrected chi connectivity index (χ1v) is 6.37. The Morgan fingerprint density at radius 2 is 2.00 bits per heavy atom. The van der Waals surface area contributed by atoms with E-state index in [4.69, 9.17) is 0 Å². The van der Waals surface area contributed by atoms with E-state index in [1.807, 2.05) is 44.2 Å². The van der Waals surface area contributed by atoms with Gasteiger partial charge in [-0.1, -0.05) is 12.1 Å². The average Bonchev–Trinajstić information content (AvgIpc) is 2.32. The lowest BCUT2D eigenvalue weighted by atomic mass is 10.2. The van der Waals surface area contributed by atoms with E-state index in [0.717, 1.165) is 21.4 Å². The number of nitrogens with zero attached hydrogens (tertiary/aromatic N) is 1. The maximum atomic E-state index is 12.0. The number of aryl methyl sites for hydroxylation is 2. The van der Waals surface area contributed by atoms with Crippen molar-refractivity contribution < 1.29 is 4.79 Å². The second-order valence-electron chi connectivity index (χ2n) is 4.10. The number of anilines is 1. The van der Waals surface area contributed by atoms with E-state index in [9.17, 15) is 4.79 Å². The van der Waals surface area contributed by atoms with E-state index < -0.39 is 0 Å². The first-order chi connectivity index (χ1) is 8.56. The Morgan fingerprint density at radius 1 is 1.22 bits per heavy atom. The van der Waals surface area contributed by atoms with Crippen molar-refractivity contribution in [3.05, 3.63) is 57.8 Å². The first-order valence-electron chi connectivity index (χ1n) is 5.57. The van der Waals surface area contributed by atoms with E-state index in [-0.39, 0.29) is 5.91 Å². The lowest BCUT2D eigenvalue weighted by molar-refractivity contribution is 0.102. The molecular formula is C14H13BrN2O. The van der Waals surface area contributed by atoms with Crippen molar-refractivity contribution in [2.24, 2.45) is 0 Å². The van der Waals surface area contributed by atoms with Crippen molar-refractivity contribution in [2.75, 3.05) is 5.32 Å². The minimum atomic E-state index is -0.205. The SMILES string of the molecule is Cc1ccc(NC(=O)c2cccc(C)n2)c(Br)c1. The number of benzene rings is 1. The fraction of sp³-hybridized carbons (Fsp3) is 0.143. The molecule has 0 atom stereocenters. The summed E-state index contributed by atoms with van der Waals surface area (Å²) in [5.74, 6) is -0.205. The highest BCUT2D eigenvalue weighted by Crippen LogP contribution is 2.23. The van der Waals surface area contributed by atoms with Gasteiger partial charge in [0.2, 0.25) is 0 Å². The van der Waals surface area contributed by atoms with Gasteiger partial charge in [-0.3, -0.25) is 4.79 Å². The van der Waals surface area contributed by atoms with Gasteiger partial charge in [0.1, 0.15) is 5.69 Å². The molecule has 2 rings (SSSR count). The summed E-state index contributed by atoms with van der Waals surface area (Å²) in [4.78, 5) is 16.2. The molecule has 0 aliphatic heterocycles. The second-order valence-corrected chi connectivity index (χ2v) is 4.96. The van der Waals surface area contributed by atoms with Gasteiger partial charge in [0.15, 0.2) is 0 Å². The van der Waals surface area contributed by atoms with Crippen LogP contribution in [0.1, 0.15) is 21.7 Å². The number of rotatable bonds is 2. The topological polar surface area (TPSA) is 42.0 Å². The van der Waals surface area contributed by atoms with Gasteiger partial charge in [0.05, 0.1) is 5.69 Å². The van der Waals surface area contributed by atoms with Gasteiger partial charge in [-0.05, 0) is 59.6 Å². The maximum absolute atomic E-state index is 12.0. The van der Waals surface area contributed by atoms with Crippen LogP contribution in [0.2, 0.25) is 0 Å². The molecule has 0 fully saturated rings. The molecule has 3 nitrogen and oxygen atoms in total. The molecule has 4 heteroatoms. The predicted octanol–water partition coefficient (Wildman–Crippen LogP) is 3.71. The molecule has 0 aliphatic carbocycles. The average molecular weight is 305 g/mol. The number of hydrogen-bond donors (Lipinski definition) is 1. The Kier molecular flexibility index (Phi) is 3.77. The fourth-order valence-corrected chi connectivity index (χ4v) is 2.17. The molecule has 2 aromatic rings. The molecule has 1 N–H and O–H groups in total. The molecule has 0 bridgehead atoms. The highest BCUT2D eigenvalue weighted by atomic mass is 79.9. The van der Waals surface area contributed by atoms with Gasteiger partial charge in [0.25, 0.3) is 5.91 Å². The monoisotopic (exact) mass is 304 g/mol. The van der Waals surface area contributed by atoms with Crippen LogP contribution in [-0.4, -0.2) is 10.9 Å². The van der Waals surface area contributed by atoms with Gasteiger partial charge >= 0.3 is 0 Å². The molecule has 0 saturated heterocycles. The largest absolute Gasteiger partial charge is 0.320 e. The van der Waals surface area contributed by atoms with Gasteiger partial charge in [-0.25, -0.2) is 4.98 Å². The molecule has 0 saturated carbocycles. The zero-order valence-electron chi connectivity index (χ0n) is 10.2. The van der Waals surface area contributed by atoms with Gasteiger partial charge in [0, 0.05) is 10.2 Å². The predicted molar refractivity (Wildman–Crippen MR) is 75.8 cm³/mol. The summed E-state index contributed by atoms with van der Waals surface area (Å²) in [5, 5.41) is 2.83. The standard InChI is InChI=1S/C14H13BrN2O/c1-9-6-7-12(11(15)8-9)17-14(18)13-5-3-4-10(2)16-13/h3-8H,1-2H3,(H,17,18). The normalized spacial score (nSPS) is 10.2. The third kappa shape index (κ3) is 2.96. The zero-order valence-corrected chi connectivity index (χ0v) is 11.8. The Bertz CT molecular complexity index is 596.